The molecule has 0 bridgehead atoms. The number of rotatable bonds is 4. The van der Waals surface area contributed by atoms with Crippen molar-refractivity contribution < 1.29 is 4.79 Å². The van der Waals surface area contributed by atoms with Crippen LogP contribution in [0.25, 0.3) is 0 Å². The highest BCUT2D eigenvalue weighted by atomic mass is 16.1. The van der Waals surface area contributed by atoms with Crippen molar-refractivity contribution in [3.05, 3.63) is 53.6 Å². The zero-order chi connectivity index (χ0) is 14.5. The molecule has 2 aromatic rings. The first-order valence-corrected chi connectivity index (χ1v) is 6.47. The predicted octanol–water partition coefficient (Wildman–Crippen LogP) is 2.32. The molecule has 1 atom stereocenters. The summed E-state index contributed by atoms with van der Waals surface area (Å²) in [5.41, 5.74) is 3.14. The van der Waals surface area contributed by atoms with Crippen molar-refractivity contribution in [3.63, 3.8) is 0 Å². The van der Waals surface area contributed by atoms with Gasteiger partial charge in [0, 0.05) is 31.3 Å². The van der Waals surface area contributed by atoms with Crippen molar-refractivity contribution in [1.82, 2.24) is 15.3 Å². The van der Waals surface area contributed by atoms with Gasteiger partial charge < -0.3 is 10.6 Å². The van der Waals surface area contributed by atoms with Crippen LogP contribution in [0.4, 0.5) is 5.69 Å². The Hall–Kier alpha value is -2.43. The first-order valence-electron chi connectivity index (χ1n) is 6.47. The lowest BCUT2D eigenvalue weighted by Gasteiger charge is -2.15. The Morgan fingerprint density at radius 2 is 2.15 bits per heavy atom. The van der Waals surface area contributed by atoms with Crippen LogP contribution in [0.3, 0.4) is 0 Å². The van der Waals surface area contributed by atoms with Gasteiger partial charge in [-0.2, -0.15) is 0 Å². The Kier molecular flexibility index (Phi) is 4.30. The molecule has 2 heterocycles. The molecule has 0 spiro atoms. The van der Waals surface area contributed by atoms with Crippen LogP contribution in [0.15, 0.2) is 36.8 Å². The van der Waals surface area contributed by atoms with Gasteiger partial charge >= 0.3 is 0 Å². The lowest BCUT2D eigenvalue weighted by atomic mass is 10.1. The van der Waals surface area contributed by atoms with E-state index < -0.39 is 0 Å². The molecule has 5 nitrogen and oxygen atoms in total. The number of nitrogens with one attached hydrogen (secondary N) is 2. The summed E-state index contributed by atoms with van der Waals surface area (Å²) in [6.07, 6.45) is 5.05. The maximum Gasteiger partial charge on any atom is 0.255 e. The van der Waals surface area contributed by atoms with Gasteiger partial charge in [-0.15, -0.1) is 0 Å². The summed E-state index contributed by atoms with van der Waals surface area (Å²) in [6, 6.07) is 5.53. The fourth-order valence-electron chi connectivity index (χ4n) is 1.94. The number of amides is 1. The second-order valence-corrected chi connectivity index (χ2v) is 4.60. The van der Waals surface area contributed by atoms with Crippen molar-refractivity contribution in [2.45, 2.75) is 19.9 Å². The van der Waals surface area contributed by atoms with Crippen LogP contribution in [0, 0.1) is 6.92 Å². The van der Waals surface area contributed by atoms with Crippen LogP contribution < -0.4 is 10.6 Å². The summed E-state index contributed by atoms with van der Waals surface area (Å²) in [5.74, 6) is -0.154. The normalized spacial score (nSPS) is 11.8. The van der Waals surface area contributed by atoms with Gasteiger partial charge in [0.25, 0.3) is 5.91 Å². The summed E-state index contributed by atoms with van der Waals surface area (Å²) in [7, 11) is 1.79. The molecular formula is C15H18N4O. The molecule has 0 saturated heterocycles. The molecule has 0 radical (unpaired) electrons. The number of aryl methyl sites for hydroxylation is 1. The molecule has 0 aliphatic rings. The van der Waals surface area contributed by atoms with Gasteiger partial charge in [-0.1, -0.05) is 6.07 Å². The largest absolute Gasteiger partial charge is 0.387 e. The first-order chi connectivity index (χ1) is 9.61. The topological polar surface area (TPSA) is 66.9 Å². The molecule has 2 rings (SSSR count). The molecule has 104 valence electrons. The molecule has 2 aromatic heterocycles. The van der Waals surface area contributed by atoms with E-state index in [9.17, 15) is 4.79 Å². The van der Waals surface area contributed by atoms with Crippen LogP contribution in [0.1, 0.15) is 34.6 Å². The zero-order valence-electron chi connectivity index (χ0n) is 11.8. The Morgan fingerprint density at radius 3 is 2.80 bits per heavy atom. The van der Waals surface area contributed by atoms with Gasteiger partial charge in [0.15, 0.2) is 0 Å². The standard InChI is InChI=1S/C15H18N4O/c1-10-7-14(16-3)13(9-18-10)15(20)19-11(2)12-5-4-6-17-8-12/h4-9,11H,1-3H3,(H,16,18)(H,19,20). The second-order valence-electron chi connectivity index (χ2n) is 4.60. The van der Waals surface area contributed by atoms with Gasteiger partial charge in [0.2, 0.25) is 0 Å². The number of hydrogen-bond acceptors (Lipinski definition) is 4. The van der Waals surface area contributed by atoms with Crippen molar-refractivity contribution in [3.8, 4) is 0 Å². The van der Waals surface area contributed by atoms with Gasteiger partial charge in [-0.25, -0.2) is 0 Å². The molecule has 0 fully saturated rings. The minimum atomic E-state index is -0.154. The Morgan fingerprint density at radius 1 is 1.35 bits per heavy atom. The fourth-order valence-corrected chi connectivity index (χ4v) is 1.94. The van der Waals surface area contributed by atoms with E-state index in [4.69, 9.17) is 0 Å². The molecule has 5 heteroatoms. The van der Waals surface area contributed by atoms with Crippen LogP contribution in [0.2, 0.25) is 0 Å². The van der Waals surface area contributed by atoms with Gasteiger partial charge in [-0.05, 0) is 31.5 Å². The zero-order valence-corrected chi connectivity index (χ0v) is 11.8. The summed E-state index contributed by atoms with van der Waals surface area (Å²) in [6.45, 7) is 3.82. The van der Waals surface area contributed by atoms with Crippen molar-refractivity contribution >= 4 is 11.6 Å². The van der Waals surface area contributed by atoms with Crippen LogP contribution in [-0.2, 0) is 0 Å². The summed E-state index contributed by atoms with van der Waals surface area (Å²) < 4.78 is 0. The van der Waals surface area contributed by atoms with E-state index in [2.05, 4.69) is 20.6 Å². The predicted molar refractivity (Wildman–Crippen MR) is 78.6 cm³/mol. The maximum atomic E-state index is 12.3. The quantitative estimate of drug-likeness (QED) is 0.894. The summed E-state index contributed by atoms with van der Waals surface area (Å²) in [4.78, 5) is 20.5. The van der Waals surface area contributed by atoms with Gasteiger partial charge in [-0.3, -0.25) is 14.8 Å². The molecule has 20 heavy (non-hydrogen) atoms. The Bertz CT molecular complexity index is 598. The average molecular weight is 270 g/mol. The van der Waals surface area contributed by atoms with Crippen LogP contribution >= 0.6 is 0 Å². The third-order valence-corrected chi connectivity index (χ3v) is 3.09. The Balaban J connectivity index is 2.16. The highest BCUT2D eigenvalue weighted by Gasteiger charge is 2.15. The number of pyridine rings is 2. The Labute approximate surface area is 118 Å². The lowest BCUT2D eigenvalue weighted by molar-refractivity contribution is 0.0940. The minimum Gasteiger partial charge on any atom is -0.387 e. The third kappa shape index (κ3) is 3.12. The van der Waals surface area contributed by atoms with Crippen molar-refractivity contribution in [2.24, 2.45) is 0 Å². The molecule has 1 unspecified atom stereocenters. The van der Waals surface area contributed by atoms with E-state index in [0.717, 1.165) is 16.9 Å². The van der Waals surface area contributed by atoms with Gasteiger partial charge in [0.1, 0.15) is 0 Å². The van der Waals surface area contributed by atoms with Crippen LogP contribution in [-0.4, -0.2) is 22.9 Å². The number of hydrogen-bond donors (Lipinski definition) is 2. The first kappa shape index (κ1) is 14.0. The van der Waals surface area contributed by atoms with E-state index in [-0.39, 0.29) is 11.9 Å². The number of nitrogens with zero attached hydrogens (tertiary/aromatic N) is 2. The van der Waals surface area contributed by atoms with E-state index in [1.807, 2.05) is 32.0 Å². The van der Waals surface area contributed by atoms with Crippen molar-refractivity contribution in [2.75, 3.05) is 12.4 Å². The highest BCUT2D eigenvalue weighted by Crippen LogP contribution is 2.17. The van der Waals surface area contributed by atoms with Crippen molar-refractivity contribution in [1.29, 1.82) is 0 Å². The summed E-state index contributed by atoms with van der Waals surface area (Å²) >= 11 is 0. The number of carbonyl (C=O) groups is 1. The minimum absolute atomic E-state index is 0.109. The van der Waals surface area contributed by atoms with E-state index in [0.29, 0.717) is 5.56 Å². The SMILES string of the molecule is CNc1cc(C)ncc1C(=O)NC(C)c1cccnc1. The molecule has 0 aliphatic heterocycles. The average Bonchev–Trinajstić information content (AvgIpc) is 2.47. The molecule has 1 amide bonds. The molecule has 0 aliphatic carbocycles. The van der Waals surface area contributed by atoms with E-state index >= 15 is 0 Å². The number of anilines is 1. The van der Waals surface area contributed by atoms with E-state index in [1.165, 1.54) is 0 Å². The number of carbonyl (C=O) groups excluding carboxylic acids is 1. The molecule has 2 N–H and O–H groups in total. The molecular weight excluding hydrogens is 252 g/mol. The lowest BCUT2D eigenvalue weighted by Crippen LogP contribution is -2.27. The van der Waals surface area contributed by atoms with Gasteiger partial charge in [0.05, 0.1) is 17.3 Å². The third-order valence-electron chi connectivity index (χ3n) is 3.09. The monoisotopic (exact) mass is 270 g/mol. The summed E-state index contributed by atoms with van der Waals surface area (Å²) in [5, 5.41) is 5.96. The fraction of sp³-hybridized carbons (Fsp3) is 0.267. The van der Waals surface area contributed by atoms with Crippen LogP contribution in [0.5, 0.6) is 0 Å². The maximum absolute atomic E-state index is 12.3. The smallest absolute Gasteiger partial charge is 0.255 e. The molecule has 0 aromatic carbocycles. The highest BCUT2D eigenvalue weighted by molar-refractivity contribution is 5.99. The number of aromatic nitrogens is 2. The van der Waals surface area contributed by atoms with E-state index in [1.54, 1.807) is 25.6 Å². The molecule has 0 saturated carbocycles. The second kappa shape index (κ2) is 6.14.